The summed E-state index contributed by atoms with van der Waals surface area (Å²) in [5.41, 5.74) is -1.92. The predicted octanol–water partition coefficient (Wildman–Crippen LogP) is 2.37. The van der Waals surface area contributed by atoms with Crippen LogP contribution in [0.5, 0.6) is 0 Å². The van der Waals surface area contributed by atoms with E-state index >= 15 is 0 Å². The van der Waals surface area contributed by atoms with Gasteiger partial charge in [0, 0.05) is 12.7 Å². The van der Waals surface area contributed by atoms with E-state index in [0.29, 0.717) is 22.6 Å². The maximum Gasteiger partial charge on any atom is 0.421 e. The first-order valence-electron chi connectivity index (χ1n) is 7.05. The minimum absolute atomic E-state index is 0.177. The summed E-state index contributed by atoms with van der Waals surface area (Å²) in [4.78, 5) is 23.5. The number of benzene rings is 1. The van der Waals surface area contributed by atoms with Gasteiger partial charge in [0.15, 0.2) is 0 Å². The highest BCUT2D eigenvalue weighted by Gasteiger charge is 2.34. The Morgan fingerprint density at radius 3 is 2.58 bits per heavy atom. The molecule has 8 heteroatoms. The van der Waals surface area contributed by atoms with Crippen LogP contribution in [0.2, 0.25) is 0 Å². The quantitative estimate of drug-likeness (QED) is 0.848. The first-order valence-corrected chi connectivity index (χ1v) is 7.05. The molecule has 0 aliphatic heterocycles. The summed E-state index contributed by atoms with van der Waals surface area (Å²) < 4.78 is 51.6. The third kappa shape index (κ3) is 4.68. The van der Waals surface area contributed by atoms with Crippen LogP contribution in [0.15, 0.2) is 47.4 Å². The smallest absolute Gasteiger partial charge is 0.354 e. The lowest BCUT2D eigenvalue weighted by molar-refractivity contribution is -0.139. The highest BCUT2D eigenvalue weighted by molar-refractivity contribution is 5.75. The molecule has 1 amide bonds. The summed E-state index contributed by atoms with van der Waals surface area (Å²) in [7, 11) is 0. The van der Waals surface area contributed by atoms with Crippen molar-refractivity contribution >= 4 is 5.91 Å². The second-order valence-corrected chi connectivity index (χ2v) is 5.08. The van der Waals surface area contributed by atoms with Gasteiger partial charge in [-0.15, -0.1) is 0 Å². The largest absolute Gasteiger partial charge is 0.421 e. The predicted molar refractivity (Wildman–Crippen MR) is 78.8 cm³/mol. The lowest BCUT2D eigenvalue weighted by Crippen LogP contribution is -2.35. The van der Waals surface area contributed by atoms with Crippen LogP contribution in [0.25, 0.3) is 0 Å². The Kier molecular flexibility index (Phi) is 5.38. The molecule has 128 valence electrons. The van der Waals surface area contributed by atoms with Crippen molar-refractivity contribution in [3.05, 3.63) is 69.9 Å². The van der Waals surface area contributed by atoms with Crippen molar-refractivity contribution in [1.29, 1.82) is 0 Å². The molecule has 2 aromatic rings. The van der Waals surface area contributed by atoms with E-state index in [9.17, 15) is 27.2 Å². The van der Waals surface area contributed by atoms with Gasteiger partial charge in [0.2, 0.25) is 5.91 Å². The normalized spacial score (nSPS) is 11.3. The molecule has 0 radical (unpaired) electrons. The van der Waals surface area contributed by atoms with Crippen molar-refractivity contribution in [2.24, 2.45) is 0 Å². The molecule has 0 atom stereocenters. The van der Waals surface area contributed by atoms with Crippen molar-refractivity contribution in [2.75, 3.05) is 6.54 Å². The second-order valence-electron chi connectivity index (χ2n) is 5.08. The first kappa shape index (κ1) is 17.7. The minimum atomic E-state index is -4.77. The highest BCUT2D eigenvalue weighted by Crippen LogP contribution is 2.25. The van der Waals surface area contributed by atoms with E-state index in [1.54, 1.807) is 6.07 Å². The van der Waals surface area contributed by atoms with Gasteiger partial charge in [0.05, 0.1) is 0 Å². The molecule has 0 spiro atoms. The summed E-state index contributed by atoms with van der Waals surface area (Å²) in [6.07, 6.45) is -3.29. The third-order valence-electron chi connectivity index (χ3n) is 3.26. The number of halogens is 4. The summed E-state index contributed by atoms with van der Waals surface area (Å²) in [5.74, 6) is -0.998. The van der Waals surface area contributed by atoms with Crippen molar-refractivity contribution in [1.82, 2.24) is 9.88 Å². The average molecular weight is 342 g/mol. The number of hydrogen-bond donors (Lipinski definition) is 1. The number of nitrogens with one attached hydrogen (secondary N) is 1. The van der Waals surface area contributed by atoms with Crippen LogP contribution in [0, 0.1) is 5.82 Å². The number of carbonyl (C=O) groups excluding carboxylic acids is 1. The van der Waals surface area contributed by atoms with Gasteiger partial charge in [0.1, 0.15) is 17.9 Å². The fraction of sp³-hybridized carbons (Fsp3) is 0.250. The highest BCUT2D eigenvalue weighted by atomic mass is 19.4. The lowest BCUT2D eigenvalue weighted by atomic mass is 10.1. The molecule has 1 N–H and O–H groups in total. The van der Waals surface area contributed by atoms with Gasteiger partial charge in [-0.3, -0.25) is 9.59 Å². The van der Waals surface area contributed by atoms with Gasteiger partial charge in [-0.25, -0.2) is 4.39 Å². The number of nitrogens with zero attached hydrogens (tertiary/aromatic N) is 1. The fourth-order valence-corrected chi connectivity index (χ4v) is 2.13. The molecule has 1 aromatic heterocycles. The molecule has 2 rings (SSSR count). The van der Waals surface area contributed by atoms with Gasteiger partial charge in [-0.2, -0.15) is 13.2 Å². The lowest BCUT2D eigenvalue weighted by Gasteiger charge is -2.10. The van der Waals surface area contributed by atoms with Crippen LogP contribution in [0.3, 0.4) is 0 Å². The summed E-state index contributed by atoms with van der Waals surface area (Å²) in [6, 6.07) is 7.57. The summed E-state index contributed by atoms with van der Waals surface area (Å²) >= 11 is 0. The number of amides is 1. The maximum atomic E-state index is 13.0. The van der Waals surface area contributed by atoms with Crippen molar-refractivity contribution in [3.63, 3.8) is 0 Å². The van der Waals surface area contributed by atoms with E-state index in [1.807, 2.05) is 0 Å². The van der Waals surface area contributed by atoms with Gasteiger partial charge < -0.3 is 9.88 Å². The van der Waals surface area contributed by atoms with E-state index in [1.165, 1.54) is 18.2 Å². The minimum Gasteiger partial charge on any atom is -0.354 e. The maximum absolute atomic E-state index is 13.0. The van der Waals surface area contributed by atoms with E-state index in [2.05, 4.69) is 5.32 Å². The number of rotatable bonds is 5. The average Bonchev–Trinajstić information content (AvgIpc) is 2.48. The van der Waals surface area contributed by atoms with E-state index in [0.717, 1.165) is 12.3 Å². The summed E-state index contributed by atoms with van der Waals surface area (Å²) in [6.45, 7) is -0.345. The monoisotopic (exact) mass is 342 g/mol. The number of carbonyl (C=O) groups is 1. The zero-order valence-electron chi connectivity index (χ0n) is 12.4. The fourth-order valence-electron chi connectivity index (χ4n) is 2.13. The molecule has 4 nitrogen and oxygen atoms in total. The molecular weight excluding hydrogens is 328 g/mol. The molecule has 0 bridgehead atoms. The van der Waals surface area contributed by atoms with E-state index in [4.69, 9.17) is 0 Å². The molecule has 0 unspecified atom stereocenters. The number of alkyl halides is 3. The van der Waals surface area contributed by atoms with Crippen LogP contribution in [-0.2, 0) is 23.9 Å². The second kappa shape index (κ2) is 7.29. The molecule has 1 heterocycles. The molecule has 0 saturated carbocycles. The van der Waals surface area contributed by atoms with E-state index < -0.39 is 35.6 Å². The Morgan fingerprint density at radius 2 is 1.92 bits per heavy atom. The first-order chi connectivity index (χ1) is 11.3. The Morgan fingerprint density at radius 1 is 1.17 bits per heavy atom. The molecule has 0 saturated heterocycles. The topological polar surface area (TPSA) is 51.1 Å². The Balaban J connectivity index is 1.94. The van der Waals surface area contributed by atoms with Crippen molar-refractivity contribution in [3.8, 4) is 0 Å². The van der Waals surface area contributed by atoms with Gasteiger partial charge in [0.25, 0.3) is 5.56 Å². The summed E-state index contributed by atoms with van der Waals surface area (Å²) in [5, 5.41) is 2.48. The van der Waals surface area contributed by atoms with Gasteiger partial charge in [-0.05, 0) is 36.2 Å². The zero-order chi connectivity index (χ0) is 17.7. The van der Waals surface area contributed by atoms with Crippen LogP contribution < -0.4 is 10.9 Å². The Labute approximate surface area is 134 Å². The van der Waals surface area contributed by atoms with Crippen molar-refractivity contribution in [2.45, 2.75) is 19.1 Å². The number of hydrogen-bond acceptors (Lipinski definition) is 2. The van der Waals surface area contributed by atoms with Crippen LogP contribution in [-0.4, -0.2) is 17.0 Å². The van der Waals surface area contributed by atoms with Gasteiger partial charge >= 0.3 is 6.18 Å². The molecular formula is C16H14F4N2O2. The van der Waals surface area contributed by atoms with Crippen LogP contribution in [0.4, 0.5) is 17.6 Å². The molecule has 24 heavy (non-hydrogen) atoms. The number of pyridine rings is 1. The van der Waals surface area contributed by atoms with E-state index in [-0.39, 0.29) is 6.54 Å². The standard InChI is InChI=1S/C16H14F4N2O2/c17-12-4-1-3-11(9-12)6-7-21-14(23)10-22-8-2-5-13(15(22)24)16(18,19)20/h1-5,8-9H,6-7,10H2,(H,21,23). The Hall–Kier alpha value is -2.64. The number of aromatic nitrogens is 1. The van der Waals surface area contributed by atoms with Crippen LogP contribution in [0.1, 0.15) is 11.1 Å². The molecule has 0 fully saturated rings. The molecule has 1 aromatic carbocycles. The molecule has 0 aliphatic carbocycles. The van der Waals surface area contributed by atoms with Crippen molar-refractivity contribution < 1.29 is 22.4 Å². The third-order valence-corrected chi connectivity index (χ3v) is 3.26. The van der Waals surface area contributed by atoms with Gasteiger partial charge in [-0.1, -0.05) is 12.1 Å². The van der Waals surface area contributed by atoms with Crippen LogP contribution >= 0.6 is 0 Å². The SMILES string of the molecule is O=C(Cn1cccc(C(F)(F)F)c1=O)NCCc1cccc(F)c1. The molecule has 0 aliphatic rings. The zero-order valence-corrected chi connectivity index (χ0v) is 12.4. The Bertz CT molecular complexity index is 784.